The fourth-order valence-electron chi connectivity index (χ4n) is 3.70. The largest absolute Gasteiger partial charge is 0.409 e. The highest BCUT2D eigenvalue weighted by molar-refractivity contribution is 6.31. The molecule has 7 heteroatoms. The van der Waals surface area contributed by atoms with Gasteiger partial charge in [0.05, 0.1) is 18.8 Å². The van der Waals surface area contributed by atoms with Gasteiger partial charge in [-0.15, -0.1) is 0 Å². The number of rotatable bonds is 7. The first kappa shape index (κ1) is 21.6. The number of hydrogen-bond donors (Lipinski definition) is 2. The fourth-order valence-corrected chi connectivity index (χ4v) is 4.47. The molecule has 1 aliphatic heterocycles. The van der Waals surface area contributed by atoms with Crippen LogP contribution in [-0.4, -0.2) is 45.3 Å². The van der Waals surface area contributed by atoms with Gasteiger partial charge in [0.1, 0.15) is 18.3 Å². The number of hydrogen-bond acceptors (Lipinski definition) is 6. The number of aliphatic hydroxyl groups excluding tert-OH is 1. The maximum absolute atomic E-state index is 11.0. The van der Waals surface area contributed by atoms with Crippen molar-refractivity contribution >= 4 is 9.76 Å². The zero-order chi connectivity index (χ0) is 21.1. The molecule has 160 valence electrons. The monoisotopic (exact) mass is 427 g/mol. The van der Waals surface area contributed by atoms with Crippen molar-refractivity contribution < 1.29 is 23.8 Å². The van der Waals surface area contributed by atoms with Gasteiger partial charge in [-0.1, -0.05) is 81.4 Å². The van der Waals surface area contributed by atoms with Crippen molar-refractivity contribution in [1.82, 2.24) is 5.48 Å². The molecule has 1 saturated heterocycles. The minimum Gasteiger partial charge on any atom is -0.409 e. The van der Waals surface area contributed by atoms with E-state index in [0.717, 1.165) is 11.1 Å². The molecule has 2 aromatic carbocycles. The number of aliphatic hydroxyl groups is 1. The maximum atomic E-state index is 11.0. The highest BCUT2D eigenvalue weighted by Gasteiger charge is 2.57. The van der Waals surface area contributed by atoms with Crippen LogP contribution in [0.4, 0.5) is 0 Å². The van der Waals surface area contributed by atoms with Gasteiger partial charge < -0.3 is 19.0 Å². The summed E-state index contributed by atoms with van der Waals surface area (Å²) >= 11 is 0. The van der Waals surface area contributed by atoms with Crippen LogP contribution in [0.15, 0.2) is 60.7 Å². The Labute approximate surface area is 180 Å². The summed E-state index contributed by atoms with van der Waals surface area (Å²) in [5.74, 6) is 0. The second-order valence-corrected chi connectivity index (χ2v) is 10.7. The number of hydroxylamine groups is 1. The Bertz CT molecular complexity index is 800. The molecule has 2 fully saturated rings. The van der Waals surface area contributed by atoms with Crippen LogP contribution in [0.3, 0.4) is 0 Å². The molecule has 0 aromatic heterocycles. The summed E-state index contributed by atoms with van der Waals surface area (Å²) in [5.41, 5.74) is 5.00. The van der Waals surface area contributed by atoms with E-state index in [1.165, 1.54) is 0 Å². The van der Waals surface area contributed by atoms with E-state index in [2.05, 4.69) is 26.3 Å². The third-order valence-corrected chi connectivity index (χ3v) is 6.14. The molecule has 2 N–H and O–H groups in total. The molecule has 6 nitrogen and oxygen atoms in total. The Balaban J connectivity index is 1.44. The lowest BCUT2D eigenvalue weighted by Crippen LogP contribution is -2.48. The average molecular weight is 428 g/mol. The van der Waals surface area contributed by atoms with E-state index in [0.29, 0.717) is 6.61 Å². The Kier molecular flexibility index (Phi) is 6.69. The molecule has 1 saturated carbocycles. The lowest BCUT2D eigenvalue weighted by molar-refractivity contribution is -0.131. The molecule has 1 heterocycles. The first-order valence-corrected chi connectivity index (χ1v) is 11.2. The van der Waals surface area contributed by atoms with Gasteiger partial charge in [-0.3, -0.25) is 4.84 Å². The van der Waals surface area contributed by atoms with Crippen LogP contribution >= 0.6 is 0 Å². The summed E-state index contributed by atoms with van der Waals surface area (Å²) in [4.78, 5) is 5.71. The normalized spacial score (nSPS) is 31.1. The maximum Gasteiger partial charge on any atom is 0.236 e. The second-order valence-electron chi connectivity index (χ2n) is 8.79. The summed E-state index contributed by atoms with van der Waals surface area (Å²) in [6.07, 6.45) is -2.56. The Morgan fingerprint density at radius 1 is 0.967 bits per heavy atom. The Morgan fingerprint density at radius 3 is 2.27 bits per heavy atom. The molecular formula is C23H29NO5Si. The van der Waals surface area contributed by atoms with Crippen molar-refractivity contribution in [2.24, 2.45) is 0 Å². The molecule has 2 aliphatic rings. The first-order valence-electron chi connectivity index (χ1n) is 10.3. The molecule has 0 bridgehead atoms. The predicted octanol–water partition coefficient (Wildman–Crippen LogP) is 3.16. The van der Waals surface area contributed by atoms with Gasteiger partial charge >= 0.3 is 0 Å². The van der Waals surface area contributed by atoms with Crippen LogP contribution in [-0.2, 0) is 25.3 Å². The lowest BCUT2D eigenvalue weighted by atomic mass is 10.2. The molecule has 30 heavy (non-hydrogen) atoms. The molecule has 1 aliphatic carbocycles. The summed E-state index contributed by atoms with van der Waals surface area (Å²) < 4.78 is 18.6. The van der Waals surface area contributed by atoms with Gasteiger partial charge in [0.15, 0.2) is 6.29 Å². The average Bonchev–Trinajstić information content (AvgIpc) is 3.27. The number of nitrogens with one attached hydrogen (secondary N) is 1. The topological polar surface area (TPSA) is 69.2 Å². The van der Waals surface area contributed by atoms with Crippen LogP contribution in [0.25, 0.3) is 0 Å². The zero-order valence-electron chi connectivity index (χ0n) is 17.5. The smallest absolute Gasteiger partial charge is 0.236 e. The van der Waals surface area contributed by atoms with E-state index in [-0.39, 0.29) is 27.0 Å². The highest BCUT2D eigenvalue weighted by Crippen LogP contribution is 2.41. The minimum absolute atomic E-state index is 0.0107. The minimum atomic E-state index is -0.811. The number of benzene rings is 2. The zero-order valence-corrected chi connectivity index (χ0v) is 18.5. The van der Waals surface area contributed by atoms with Gasteiger partial charge in [-0.25, -0.2) is 0 Å². The molecule has 2 aromatic rings. The van der Waals surface area contributed by atoms with Gasteiger partial charge in [-0.2, -0.15) is 5.48 Å². The quantitative estimate of drug-likeness (QED) is 0.523. The summed E-state index contributed by atoms with van der Waals surface area (Å²) in [7, 11) is 0.252. The van der Waals surface area contributed by atoms with Gasteiger partial charge in [-0.05, 0) is 10.6 Å². The van der Waals surface area contributed by atoms with Crippen LogP contribution in [0.5, 0.6) is 0 Å². The van der Waals surface area contributed by atoms with E-state index in [4.69, 9.17) is 18.7 Å². The van der Waals surface area contributed by atoms with E-state index in [1.807, 2.05) is 60.7 Å². The SMILES string of the molecule is CC(C)(C)[Si]O[C@H]1[C@H](NOCc2ccccc2)[C@H](O)[C@H]2O[C@@H](c3ccccc3)O[C@H]21. The molecule has 0 unspecified atom stereocenters. The molecule has 4 rings (SSSR count). The van der Waals surface area contributed by atoms with Crippen LogP contribution in [0, 0.1) is 0 Å². The van der Waals surface area contributed by atoms with Crippen molar-refractivity contribution in [3.63, 3.8) is 0 Å². The molecule has 2 radical (unpaired) electrons. The highest BCUT2D eigenvalue weighted by atomic mass is 28.2. The van der Waals surface area contributed by atoms with Crippen molar-refractivity contribution in [3.05, 3.63) is 71.8 Å². The summed E-state index contributed by atoms with van der Waals surface area (Å²) in [5, 5.41) is 11.0. The van der Waals surface area contributed by atoms with Gasteiger partial charge in [0, 0.05) is 5.56 Å². The Morgan fingerprint density at radius 2 is 1.60 bits per heavy atom. The molecule has 0 spiro atoms. The van der Waals surface area contributed by atoms with Crippen molar-refractivity contribution in [3.8, 4) is 0 Å². The van der Waals surface area contributed by atoms with Crippen molar-refractivity contribution in [2.45, 2.75) is 69.2 Å². The number of fused-ring (bicyclic) bond motifs is 1. The third kappa shape index (κ3) is 5.00. The Hall–Kier alpha value is -1.58. The van der Waals surface area contributed by atoms with E-state index in [1.54, 1.807) is 0 Å². The first-order chi connectivity index (χ1) is 14.4. The van der Waals surface area contributed by atoms with Crippen molar-refractivity contribution in [1.29, 1.82) is 0 Å². The van der Waals surface area contributed by atoms with Crippen LogP contribution < -0.4 is 5.48 Å². The molecule has 0 amide bonds. The third-order valence-electron chi connectivity index (χ3n) is 5.14. The van der Waals surface area contributed by atoms with E-state index in [9.17, 15) is 5.11 Å². The summed E-state index contributed by atoms with van der Waals surface area (Å²) in [6.45, 7) is 6.77. The standard InChI is InChI=1S/C23H29NO5Si/c1-23(2,3)30-29-19-17(24-26-14-15-10-6-4-7-11-15)18(25)20-21(19)28-22(27-20)16-12-8-5-9-13-16/h4-13,17-22,24-25H,14H2,1-3H3/t17-,18+,19+,20-,21+,22-/m1/s1. The summed E-state index contributed by atoms with van der Waals surface area (Å²) in [6, 6.07) is 19.2. The van der Waals surface area contributed by atoms with E-state index < -0.39 is 24.5 Å². The van der Waals surface area contributed by atoms with E-state index >= 15 is 0 Å². The van der Waals surface area contributed by atoms with Gasteiger partial charge in [0.2, 0.25) is 9.76 Å². The van der Waals surface area contributed by atoms with Crippen molar-refractivity contribution in [2.75, 3.05) is 0 Å². The van der Waals surface area contributed by atoms with Crippen LogP contribution in [0.1, 0.15) is 38.2 Å². The second kappa shape index (κ2) is 9.28. The number of ether oxygens (including phenoxy) is 2. The van der Waals surface area contributed by atoms with Gasteiger partial charge in [0.25, 0.3) is 0 Å². The molecule has 6 atom stereocenters. The predicted molar refractivity (Wildman–Crippen MR) is 113 cm³/mol. The van der Waals surface area contributed by atoms with Crippen LogP contribution in [0.2, 0.25) is 5.04 Å². The molecular weight excluding hydrogens is 398 g/mol. The lowest BCUT2D eigenvalue weighted by Gasteiger charge is -2.29. The fraction of sp³-hybridized carbons (Fsp3) is 0.478.